The van der Waals surface area contributed by atoms with Gasteiger partial charge in [-0.3, -0.25) is 4.18 Å². The van der Waals surface area contributed by atoms with Gasteiger partial charge in [0.1, 0.15) is 24.4 Å². The molecule has 5 atom stereocenters. The average Bonchev–Trinajstić information content (AvgIpc) is 2.51. The summed E-state index contributed by atoms with van der Waals surface area (Å²) in [5, 5.41) is 29.4. The van der Waals surface area contributed by atoms with E-state index in [1.807, 2.05) is 6.07 Å². The molecule has 9 nitrogen and oxygen atoms in total. The van der Waals surface area contributed by atoms with E-state index in [0.717, 1.165) is 5.56 Å². The first-order valence-electron chi connectivity index (χ1n) is 6.73. The molecule has 1 aliphatic heterocycles. The predicted octanol–water partition coefficient (Wildman–Crippen LogP) is -1.51. The predicted molar refractivity (Wildman–Crippen MR) is 73.6 cm³/mol. The van der Waals surface area contributed by atoms with Gasteiger partial charge in [-0.05, 0) is 5.56 Å². The lowest BCUT2D eigenvalue weighted by atomic mass is 9.99. The number of ether oxygens (including phenoxy) is 2. The van der Waals surface area contributed by atoms with Crippen molar-refractivity contribution in [2.24, 2.45) is 0 Å². The van der Waals surface area contributed by atoms with Crippen molar-refractivity contribution in [2.45, 2.75) is 37.3 Å². The maximum absolute atomic E-state index is 10.5. The van der Waals surface area contributed by atoms with E-state index in [1.54, 1.807) is 24.3 Å². The molecular formula is C13H17O9S-. The Morgan fingerprint density at radius 3 is 2.35 bits per heavy atom. The van der Waals surface area contributed by atoms with E-state index in [2.05, 4.69) is 4.18 Å². The second-order valence-electron chi connectivity index (χ2n) is 5.00. The lowest BCUT2D eigenvalue weighted by molar-refractivity contribution is -0.303. The maximum atomic E-state index is 10.5. The number of aliphatic hydroxyl groups is 3. The van der Waals surface area contributed by atoms with E-state index in [0.29, 0.717) is 0 Å². The molecule has 0 spiro atoms. The van der Waals surface area contributed by atoms with Crippen molar-refractivity contribution in [1.29, 1.82) is 0 Å². The van der Waals surface area contributed by atoms with Crippen LogP contribution in [0, 0.1) is 0 Å². The summed E-state index contributed by atoms with van der Waals surface area (Å²) in [6.45, 7) is -0.749. The fourth-order valence-corrected chi connectivity index (χ4v) is 2.40. The first-order chi connectivity index (χ1) is 10.8. The van der Waals surface area contributed by atoms with E-state index >= 15 is 0 Å². The van der Waals surface area contributed by atoms with E-state index < -0.39 is 47.7 Å². The van der Waals surface area contributed by atoms with Crippen LogP contribution in [0.25, 0.3) is 0 Å². The van der Waals surface area contributed by atoms with Crippen LogP contribution < -0.4 is 0 Å². The van der Waals surface area contributed by atoms with Gasteiger partial charge in [0.25, 0.3) is 0 Å². The molecule has 2 rings (SSSR count). The maximum Gasteiger partial charge on any atom is 0.217 e. The minimum atomic E-state index is -4.98. The normalized spacial score (nSPS) is 31.9. The van der Waals surface area contributed by atoms with Crippen LogP contribution in [0.4, 0.5) is 0 Å². The Labute approximate surface area is 133 Å². The fourth-order valence-electron chi connectivity index (χ4n) is 2.09. The van der Waals surface area contributed by atoms with Gasteiger partial charge < -0.3 is 29.3 Å². The molecule has 0 radical (unpaired) electrons. The monoisotopic (exact) mass is 349 g/mol. The summed E-state index contributed by atoms with van der Waals surface area (Å²) < 4.78 is 45.9. The Bertz CT molecular complexity index is 591. The Balaban J connectivity index is 1.98. The lowest BCUT2D eigenvalue weighted by Gasteiger charge is -2.40. The van der Waals surface area contributed by atoms with Crippen molar-refractivity contribution in [1.82, 2.24) is 0 Å². The molecule has 1 saturated heterocycles. The van der Waals surface area contributed by atoms with Gasteiger partial charge in [-0.1, -0.05) is 30.3 Å². The third-order valence-electron chi connectivity index (χ3n) is 3.30. The van der Waals surface area contributed by atoms with Crippen LogP contribution in [-0.2, 0) is 30.7 Å². The molecule has 1 fully saturated rings. The van der Waals surface area contributed by atoms with Crippen molar-refractivity contribution in [3.05, 3.63) is 35.9 Å². The number of hydrogen-bond donors (Lipinski definition) is 3. The molecule has 1 aromatic rings. The molecule has 0 unspecified atom stereocenters. The molecule has 0 amide bonds. The topological polar surface area (TPSA) is 146 Å². The van der Waals surface area contributed by atoms with E-state index in [9.17, 15) is 28.3 Å². The van der Waals surface area contributed by atoms with Gasteiger partial charge in [0.2, 0.25) is 10.4 Å². The third-order valence-corrected chi connectivity index (χ3v) is 3.73. The quantitative estimate of drug-likeness (QED) is 0.412. The SMILES string of the molecule is O=S(=O)([O-])OC[C@H]1O[C@@H](OCc2ccccc2)[C@H](O)[C@@H](O)[C@@H]1O. The van der Waals surface area contributed by atoms with Crippen LogP contribution in [0.5, 0.6) is 0 Å². The summed E-state index contributed by atoms with van der Waals surface area (Å²) in [5.41, 5.74) is 0.777. The molecule has 1 aliphatic rings. The molecule has 1 aromatic carbocycles. The first-order valence-corrected chi connectivity index (χ1v) is 8.06. The minimum absolute atomic E-state index is 0.0544. The highest BCUT2D eigenvalue weighted by molar-refractivity contribution is 7.80. The van der Waals surface area contributed by atoms with Crippen LogP contribution in [0.2, 0.25) is 0 Å². The van der Waals surface area contributed by atoms with Crippen LogP contribution >= 0.6 is 0 Å². The Kier molecular flexibility index (Phi) is 6.06. The molecule has 130 valence electrons. The van der Waals surface area contributed by atoms with Crippen molar-refractivity contribution in [2.75, 3.05) is 6.61 Å². The Hall–Kier alpha value is -1.11. The highest BCUT2D eigenvalue weighted by Gasteiger charge is 2.44. The van der Waals surface area contributed by atoms with Crippen molar-refractivity contribution >= 4 is 10.4 Å². The molecule has 23 heavy (non-hydrogen) atoms. The minimum Gasteiger partial charge on any atom is -0.726 e. The highest BCUT2D eigenvalue weighted by Crippen LogP contribution is 2.23. The molecule has 0 bridgehead atoms. The molecule has 10 heteroatoms. The molecule has 1 heterocycles. The van der Waals surface area contributed by atoms with Gasteiger partial charge in [0.15, 0.2) is 6.29 Å². The number of benzene rings is 1. The zero-order valence-corrected chi connectivity index (χ0v) is 12.7. The summed E-state index contributed by atoms with van der Waals surface area (Å²) in [7, 11) is -4.98. The van der Waals surface area contributed by atoms with E-state index in [-0.39, 0.29) is 6.61 Å². The Morgan fingerprint density at radius 2 is 1.74 bits per heavy atom. The summed E-state index contributed by atoms with van der Waals surface area (Å²) in [6, 6.07) is 8.92. The van der Waals surface area contributed by atoms with Crippen molar-refractivity contribution < 1.29 is 41.9 Å². The zero-order chi connectivity index (χ0) is 17.0. The van der Waals surface area contributed by atoms with Gasteiger partial charge in [0, 0.05) is 0 Å². The summed E-state index contributed by atoms with van der Waals surface area (Å²) >= 11 is 0. The van der Waals surface area contributed by atoms with Crippen LogP contribution in [0.15, 0.2) is 30.3 Å². The summed E-state index contributed by atoms with van der Waals surface area (Å²) in [5.74, 6) is 0. The molecule has 3 N–H and O–H groups in total. The van der Waals surface area contributed by atoms with Gasteiger partial charge in [-0.2, -0.15) is 0 Å². The molecular weight excluding hydrogens is 332 g/mol. The fraction of sp³-hybridized carbons (Fsp3) is 0.538. The summed E-state index contributed by atoms with van der Waals surface area (Å²) in [6.07, 6.45) is -7.50. The van der Waals surface area contributed by atoms with Gasteiger partial charge in [-0.15, -0.1) is 0 Å². The zero-order valence-electron chi connectivity index (χ0n) is 11.9. The van der Waals surface area contributed by atoms with Crippen molar-refractivity contribution in [3.63, 3.8) is 0 Å². The van der Waals surface area contributed by atoms with Gasteiger partial charge in [0.05, 0.1) is 13.2 Å². The number of hydrogen-bond acceptors (Lipinski definition) is 9. The van der Waals surface area contributed by atoms with Gasteiger partial charge in [-0.25, -0.2) is 8.42 Å². The largest absolute Gasteiger partial charge is 0.726 e. The second-order valence-corrected chi connectivity index (χ2v) is 6.06. The third kappa shape index (κ3) is 5.19. The number of rotatable bonds is 6. The van der Waals surface area contributed by atoms with Crippen LogP contribution in [0.1, 0.15) is 5.56 Å². The average molecular weight is 349 g/mol. The van der Waals surface area contributed by atoms with Gasteiger partial charge >= 0.3 is 0 Å². The van der Waals surface area contributed by atoms with E-state index in [1.165, 1.54) is 0 Å². The number of aliphatic hydroxyl groups excluding tert-OH is 3. The van der Waals surface area contributed by atoms with Crippen LogP contribution in [-0.4, -0.2) is 65.6 Å². The van der Waals surface area contributed by atoms with Crippen LogP contribution in [0.3, 0.4) is 0 Å². The molecule has 0 aromatic heterocycles. The standard InChI is InChI=1S/C13H18O9S/c14-10-9(7-21-23(17,18)19)22-13(12(16)11(10)15)20-6-8-4-2-1-3-5-8/h1-5,9-16H,6-7H2,(H,17,18,19)/p-1/t9-,10-,11+,12-,13-/m1/s1. The Morgan fingerprint density at radius 1 is 1.09 bits per heavy atom. The lowest BCUT2D eigenvalue weighted by Crippen LogP contribution is -2.59. The van der Waals surface area contributed by atoms with E-state index in [4.69, 9.17) is 9.47 Å². The second kappa shape index (κ2) is 7.64. The van der Waals surface area contributed by atoms with Crippen molar-refractivity contribution in [3.8, 4) is 0 Å². The highest BCUT2D eigenvalue weighted by atomic mass is 32.3. The first kappa shape index (κ1) is 18.2. The summed E-state index contributed by atoms with van der Waals surface area (Å²) in [4.78, 5) is 0. The molecule has 0 aliphatic carbocycles. The molecule has 0 saturated carbocycles. The smallest absolute Gasteiger partial charge is 0.217 e.